The number of benzene rings is 2. The zero-order valence-corrected chi connectivity index (χ0v) is 16.4. The van der Waals surface area contributed by atoms with Crippen molar-refractivity contribution < 1.29 is 13.3 Å². The average Bonchev–Trinajstić information content (AvgIpc) is 2.60. The molecule has 0 bridgehead atoms. The van der Waals surface area contributed by atoms with Crippen LogP contribution in [0, 0.1) is 17.0 Å². The van der Waals surface area contributed by atoms with E-state index in [9.17, 15) is 18.5 Å². The summed E-state index contributed by atoms with van der Waals surface area (Å²) in [5.41, 5.74) is 2.07. The van der Waals surface area contributed by atoms with Gasteiger partial charge in [0.05, 0.1) is 9.82 Å². The highest BCUT2D eigenvalue weighted by Crippen LogP contribution is 2.28. The Bertz CT molecular complexity index is 913. The van der Waals surface area contributed by atoms with E-state index in [1.165, 1.54) is 12.1 Å². The number of nitro groups is 1. The Hall–Kier alpha value is -2.49. The first-order valence-corrected chi connectivity index (χ1v) is 9.90. The molecule has 0 atom stereocenters. The van der Waals surface area contributed by atoms with Gasteiger partial charge in [-0.3, -0.25) is 10.1 Å². The van der Waals surface area contributed by atoms with Crippen molar-refractivity contribution in [1.29, 1.82) is 0 Å². The van der Waals surface area contributed by atoms with Gasteiger partial charge in [0, 0.05) is 25.7 Å². The molecule has 0 spiro atoms. The van der Waals surface area contributed by atoms with Crippen molar-refractivity contribution in [2.24, 2.45) is 0 Å². The fraction of sp³-hybridized carbons (Fsp3) is 0.333. The van der Waals surface area contributed by atoms with Gasteiger partial charge in [-0.15, -0.1) is 0 Å². The summed E-state index contributed by atoms with van der Waals surface area (Å²) >= 11 is 0. The van der Waals surface area contributed by atoms with Crippen LogP contribution in [-0.2, 0) is 16.6 Å². The molecule has 0 aliphatic heterocycles. The molecule has 0 aliphatic rings. The molecule has 0 aromatic heterocycles. The van der Waals surface area contributed by atoms with Crippen LogP contribution < -0.4 is 10.0 Å². The quantitative estimate of drug-likeness (QED) is 0.501. The number of hydrogen-bond acceptors (Lipinski definition) is 6. The van der Waals surface area contributed by atoms with Crippen molar-refractivity contribution in [3.8, 4) is 0 Å². The third kappa shape index (κ3) is 5.75. The number of sulfonamides is 1. The van der Waals surface area contributed by atoms with Crippen LogP contribution in [-0.4, -0.2) is 45.4 Å². The zero-order valence-electron chi connectivity index (χ0n) is 15.6. The molecule has 8 nitrogen and oxygen atoms in total. The molecule has 2 rings (SSSR count). The first-order valence-electron chi connectivity index (χ1n) is 8.42. The Balaban J connectivity index is 2.21. The Morgan fingerprint density at radius 1 is 1.15 bits per heavy atom. The Morgan fingerprint density at radius 3 is 2.48 bits per heavy atom. The molecule has 2 N–H and O–H groups in total. The van der Waals surface area contributed by atoms with E-state index < -0.39 is 14.9 Å². The van der Waals surface area contributed by atoms with E-state index in [4.69, 9.17) is 0 Å². The maximum absolute atomic E-state index is 12.4. The summed E-state index contributed by atoms with van der Waals surface area (Å²) in [6.45, 7) is 3.11. The van der Waals surface area contributed by atoms with Crippen LogP contribution in [0.5, 0.6) is 0 Å². The molecule has 0 unspecified atom stereocenters. The summed E-state index contributed by atoms with van der Waals surface area (Å²) in [6, 6.07) is 11.6. The van der Waals surface area contributed by atoms with E-state index in [1.54, 1.807) is 0 Å². The molecule has 2 aromatic rings. The average molecular weight is 392 g/mol. The number of aryl methyl sites for hydroxylation is 1. The SMILES string of the molecule is Cc1ccccc1CNc1ccc(S(=O)(=O)NCCN(C)C)cc1[N+](=O)[O-]. The van der Waals surface area contributed by atoms with Gasteiger partial charge in [0.1, 0.15) is 5.69 Å². The molecule has 0 saturated heterocycles. The molecular formula is C18H24N4O4S. The van der Waals surface area contributed by atoms with Crippen molar-refractivity contribution in [3.05, 3.63) is 63.7 Å². The lowest BCUT2D eigenvalue weighted by Gasteiger charge is -2.12. The highest BCUT2D eigenvalue weighted by atomic mass is 32.2. The van der Waals surface area contributed by atoms with Crippen molar-refractivity contribution >= 4 is 21.4 Å². The lowest BCUT2D eigenvalue weighted by atomic mass is 10.1. The molecule has 9 heteroatoms. The smallest absolute Gasteiger partial charge is 0.293 e. The van der Waals surface area contributed by atoms with Crippen molar-refractivity contribution in [2.75, 3.05) is 32.5 Å². The van der Waals surface area contributed by atoms with Gasteiger partial charge >= 0.3 is 0 Å². The van der Waals surface area contributed by atoms with Gasteiger partial charge in [0.25, 0.3) is 5.69 Å². The second kappa shape index (κ2) is 8.94. The number of nitrogens with zero attached hydrogens (tertiary/aromatic N) is 2. The second-order valence-corrected chi connectivity index (χ2v) is 8.18. The molecule has 0 fully saturated rings. The summed E-state index contributed by atoms with van der Waals surface area (Å²) in [6.07, 6.45) is 0. The van der Waals surface area contributed by atoms with Crippen LogP contribution in [0.3, 0.4) is 0 Å². The number of nitrogens with one attached hydrogen (secondary N) is 2. The second-order valence-electron chi connectivity index (χ2n) is 6.42. The van der Waals surface area contributed by atoms with E-state index in [1.807, 2.05) is 50.2 Å². The molecule has 146 valence electrons. The lowest BCUT2D eigenvalue weighted by molar-refractivity contribution is -0.384. The Labute approximate surface area is 159 Å². The summed E-state index contributed by atoms with van der Waals surface area (Å²) in [7, 11) is -0.157. The zero-order chi connectivity index (χ0) is 20.0. The van der Waals surface area contributed by atoms with Crippen LogP contribution in [0.15, 0.2) is 47.4 Å². The monoisotopic (exact) mass is 392 g/mol. The standard InChI is InChI=1S/C18H24N4O4S/c1-14-6-4-5-7-15(14)13-19-17-9-8-16(12-18(17)22(23)24)27(25,26)20-10-11-21(2)3/h4-9,12,19-20H,10-11,13H2,1-3H3. The van der Waals surface area contributed by atoms with Crippen molar-refractivity contribution in [1.82, 2.24) is 9.62 Å². The van der Waals surface area contributed by atoms with Gasteiger partial charge in [-0.1, -0.05) is 24.3 Å². The molecule has 2 aromatic carbocycles. The van der Waals surface area contributed by atoms with Crippen LogP contribution >= 0.6 is 0 Å². The summed E-state index contributed by atoms with van der Waals surface area (Å²) in [5, 5.41) is 14.5. The number of likely N-dealkylation sites (N-methyl/N-ethyl adjacent to an activating group) is 1. The normalized spacial score (nSPS) is 11.6. The van der Waals surface area contributed by atoms with Gasteiger partial charge in [0.15, 0.2) is 0 Å². The minimum absolute atomic E-state index is 0.130. The van der Waals surface area contributed by atoms with E-state index >= 15 is 0 Å². The first-order chi connectivity index (χ1) is 12.7. The third-order valence-electron chi connectivity index (χ3n) is 4.06. The predicted octanol–water partition coefficient (Wildman–Crippen LogP) is 2.36. The van der Waals surface area contributed by atoms with Crippen molar-refractivity contribution in [2.45, 2.75) is 18.4 Å². The summed E-state index contributed by atoms with van der Waals surface area (Å²) < 4.78 is 27.1. The van der Waals surface area contributed by atoms with Crippen LogP contribution in [0.2, 0.25) is 0 Å². The van der Waals surface area contributed by atoms with Crippen LogP contribution in [0.4, 0.5) is 11.4 Å². The minimum atomic E-state index is -3.81. The minimum Gasteiger partial charge on any atom is -0.375 e. The Morgan fingerprint density at radius 2 is 1.85 bits per heavy atom. The van der Waals surface area contributed by atoms with Gasteiger partial charge in [0.2, 0.25) is 10.0 Å². The van der Waals surface area contributed by atoms with Gasteiger partial charge in [-0.05, 0) is 44.3 Å². The first kappa shape index (κ1) is 20.8. The van der Waals surface area contributed by atoms with E-state index in [0.29, 0.717) is 13.1 Å². The van der Waals surface area contributed by atoms with E-state index in [0.717, 1.165) is 17.2 Å². The lowest BCUT2D eigenvalue weighted by Crippen LogP contribution is -2.31. The number of anilines is 1. The van der Waals surface area contributed by atoms with E-state index in [2.05, 4.69) is 10.0 Å². The Kier molecular flexibility index (Phi) is 6.89. The maximum atomic E-state index is 12.4. The van der Waals surface area contributed by atoms with Gasteiger partial charge in [-0.25, -0.2) is 13.1 Å². The number of rotatable bonds is 9. The highest BCUT2D eigenvalue weighted by Gasteiger charge is 2.21. The van der Waals surface area contributed by atoms with Crippen LogP contribution in [0.1, 0.15) is 11.1 Å². The molecule has 0 heterocycles. The number of hydrogen-bond donors (Lipinski definition) is 2. The third-order valence-corrected chi connectivity index (χ3v) is 5.52. The molecule has 0 aliphatic carbocycles. The molecule has 27 heavy (non-hydrogen) atoms. The maximum Gasteiger partial charge on any atom is 0.293 e. The predicted molar refractivity (Wildman–Crippen MR) is 105 cm³/mol. The number of nitro benzene ring substituents is 1. The fourth-order valence-corrected chi connectivity index (χ4v) is 3.51. The van der Waals surface area contributed by atoms with Crippen LogP contribution in [0.25, 0.3) is 0 Å². The van der Waals surface area contributed by atoms with E-state index in [-0.39, 0.29) is 22.8 Å². The molecule has 0 saturated carbocycles. The highest BCUT2D eigenvalue weighted by molar-refractivity contribution is 7.89. The molecule has 0 radical (unpaired) electrons. The topological polar surface area (TPSA) is 105 Å². The van der Waals surface area contributed by atoms with Gasteiger partial charge < -0.3 is 10.2 Å². The summed E-state index contributed by atoms with van der Waals surface area (Å²) in [5.74, 6) is 0. The molecular weight excluding hydrogens is 368 g/mol. The van der Waals surface area contributed by atoms with Gasteiger partial charge in [-0.2, -0.15) is 0 Å². The fourth-order valence-electron chi connectivity index (χ4n) is 2.46. The molecule has 0 amide bonds. The largest absolute Gasteiger partial charge is 0.375 e. The summed E-state index contributed by atoms with van der Waals surface area (Å²) in [4.78, 5) is 12.5. The van der Waals surface area contributed by atoms with Crippen molar-refractivity contribution in [3.63, 3.8) is 0 Å².